The van der Waals surface area contributed by atoms with Crippen LogP contribution in [0.3, 0.4) is 0 Å². The van der Waals surface area contributed by atoms with Crippen molar-refractivity contribution in [2.45, 2.75) is 13.8 Å². The normalized spacial score (nSPS) is 12.0. The molecule has 124 valence electrons. The molecule has 0 aliphatic heterocycles. The molecular weight excluding hydrogens is 315 g/mol. The van der Waals surface area contributed by atoms with Crippen molar-refractivity contribution in [3.63, 3.8) is 0 Å². The molecule has 0 saturated carbocycles. The summed E-state index contributed by atoms with van der Waals surface area (Å²) in [5, 5.41) is 2.84. The molecule has 2 rings (SSSR count). The van der Waals surface area contributed by atoms with Gasteiger partial charge in [-0.15, -0.1) is 0 Å². The third kappa shape index (κ3) is 4.32. The van der Waals surface area contributed by atoms with Gasteiger partial charge in [-0.2, -0.15) is 4.98 Å². The van der Waals surface area contributed by atoms with E-state index in [2.05, 4.69) is 10.3 Å². The number of benzene rings is 1. The fourth-order valence-corrected chi connectivity index (χ4v) is 3.61. The van der Waals surface area contributed by atoms with E-state index in [0.29, 0.717) is 5.89 Å². The van der Waals surface area contributed by atoms with Crippen LogP contribution in [0.2, 0.25) is 0 Å². The number of hydrogen-bond acceptors (Lipinski definition) is 6. The summed E-state index contributed by atoms with van der Waals surface area (Å²) in [6, 6.07) is 9.76. The first kappa shape index (κ1) is 17.5. The van der Waals surface area contributed by atoms with Gasteiger partial charge in [0.2, 0.25) is 17.2 Å². The Hall–Kier alpha value is -1.88. The Labute approximate surface area is 136 Å². The lowest BCUT2D eigenvalue weighted by Crippen LogP contribution is -2.15. The van der Waals surface area contributed by atoms with Crippen molar-refractivity contribution >= 4 is 31.1 Å². The number of oxazole rings is 1. The van der Waals surface area contributed by atoms with E-state index < -0.39 is 7.60 Å². The Morgan fingerprint density at radius 2 is 1.83 bits per heavy atom. The maximum absolute atomic E-state index is 12.9. The third-order valence-electron chi connectivity index (χ3n) is 2.93. The van der Waals surface area contributed by atoms with Crippen molar-refractivity contribution in [2.24, 2.45) is 0 Å². The van der Waals surface area contributed by atoms with Gasteiger partial charge in [0.15, 0.2) is 0 Å². The SMILES string of the molecule is CCOP(=O)(OCC)c1nc(C=Cc2ccccc2)oc1NC. The van der Waals surface area contributed by atoms with E-state index in [-0.39, 0.29) is 24.5 Å². The molecule has 0 spiro atoms. The molecule has 0 saturated heterocycles. The minimum atomic E-state index is -3.50. The zero-order chi connectivity index (χ0) is 16.7. The van der Waals surface area contributed by atoms with Gasteiger partial charge >= 0.3 is 7.60 Å². The van der Waals surface area contributed by atoms with Gasteiger partial charge in [0.1, 0.15) is 0 Å². The lowest BCUT2D eigenvalue weighted by atomic mass is 10.2. The summed E-state index contributed by atoms with van der Waals surface area (Å²) >= 11 is 0. The summed E-state index contributed by atoms with van der Waals surface area (Å²) < 4.78 is 29.1. The van der Waals surface area contributed by atoms with Crippen LogP contribution in [-0.2, 0) is 13.6 Å². The Balaban J connectivity index is 2.33. The van der Waals surface area contributed by atoms with Crippen LogP contribution in [0.15, 0.2) is 34.7 Å². The number of aromatic nitrogens is 1. The minimum absolute atomic E-state index is 0.163. The summed E-state index contributed by atoms with van der Waals surface area (Å²) in [5.41, 5.74) is 1.17. The molecule has 7 heteroatoms. The molecule has 0 bridgehead atoms. The highest BCUT2D eigenvalue weighted by atomic mass is 31.2. The van der Waals surface area contributed by atoms with Gasteiger partial charge in [-0.3, -0.25) is 4.57 Å². The topological polar surface area (TPSA) is 73.6 Å². The van der Waals surface area contributed by atoms with Crippen LogP contribution in [0.5, 0.6) is 0 Å². The molecule has 0 aliphatic rings. The van der Waals surface area contributed by atoms with Gasteiger partial charge in [0.05, 0.1) is 13.2 Å². The van der Waals surface area contributed by atoms with Gasteiger partial charge in [0, 0.05) is 13.1 Å². The molecule has 0 atom stereocenters. The van der Waals surface area contributed by atoms with Crippen molar-refractivity contribution in [3.05, 3.63) is 41.8 Å². The largest absolute Gasteiger partial charge is 0.420 e. The zero-order valence-corrected chi connectivity index (χ0v) is 14.4. The summed E-state index contributed by atoms with van der Waals surface area (Å²) in [6.45, 7) is 4.01. The molecule has 1 aromatic carbocycles. The number of anilines is 1. The average molecular weight is 336 g/mol. The summed E-state index contributed by atoms with van der Waals surface area (Å²) in [4.78, 5) is 4.28. The highest BCUT2D eigenvalue weighted by molar-refractivity contribution is 7.62. The van der Waals surface area contributed by atoms with Gasteiger partial charge in [-0.05, 0) is 25.5 Å². The standard InChI is InChI=1S/C16H21N2O4P/c1-4-20-23(19,21-5-2)16-15(17-3)22-14(18-16)12-11-13-9-7-6-8-10-13/h6-12,17H,4-5H2,1-3H3. The van der Waals surface area contributed by atoms with E-state index >= 15 is 0 Å². The van der Waals surface area contributed by atoms with E-state index in [0.717, 1.165) is 5.56 Å². The van der Waals surface area contributed by atoms with Crippen molar-refractivity contribution < 1.29 is 18.0 Å². The van der Waals surface area contributed by atoms with E-state index in [1.807, 2.05) is 36.4 Å². The van der Waals surface area contributed by atoms with E-state index in [1.54, 1.807) is 27.0 Å². The van der Waals surface area contributed by atoms with Crippen molar-refractivity contribution in [3.8, 4) is 0 Å². The number of nitrogens with zero attached hydrogens (tertiary/aromatic N) is 1. The molecule has 2 aromatic rings. The van der Waals surface area contributed by atoms with Crippen molar-refractivity contribution in [1.82, 2.24) is 4.98 Å². The second kappa shape index (κ2) is 8.11. The van der Waals surface area contributed by atoms with Crippen molar-refractivity contribution in [1.29, 1.82) is 0 Å². The fraction of sp³-hybridized carbons (Fsp3) is 0.312. The fourth-order valence-electron chi connectivity index (χ4n) is 1.98. The Morgan fingerprint density at radius 1 is 1.17 bits per heavy atom. The Morgan fingerprint density at radius 3 is 2.39 bits per heavy atom. The van der Waals surface area contributed by atoms with E-state index in [4.69, 9.17) is 13.5 Å². The number of hydrogen-bond donors (Lipinski definition) is 1. The molecular formula is C16H21N2O4P. The minimum Gasteiger partial charge on any atom is -0.420 e. The van der Waals surface area contributed by atoms with E-state index in [9.17, 15) is 4.57 Å². The molecule has 0 radical (unpaired) electrons. The van der Waals surface area contributed by atoms with Crippen LogP contribution in [0, 0.1) is 0 Å². The molecule has 1 heterocycles. The quantitative estimate of drug-likeness (QED) is 0.740. The molecule has 6 nitrogen and oxygen atoms in total. The van der Waals surface area contributed by atoms with Crippen LogP contribution in [0.1, 0.15) is 25.3 Å². The summed E-state index contributed by atoms with van der Waals surface area (Å²) in [5.74, 6) is 0.607. The number of nitrogens with one attached hydrogen (secondary N) is 1. The van der Waals surface area contributed by atoms with Crippen LogP contribution >= 0.6 is 7.60 Å². The average Bonchev–Trinajstić information content (AvgIpc) is 2.98. The first-order chi connectivity index (χ1) is 11.1. The molecule has 0 aliphatic carbocycles. The first-order valence-corrected chi connectivity index (χ1v) is 8.98. The summed E-state index contributed by atoms with van der Waals surface area (Å²) in [7, 11) is -1.84. The second-order valence-corrected chi connectivity index (χ2v) is 6.47. The van der Waals surface area contributed by atoms with Crippen molar-refractivity contribution in [2.75, 3.05) is 25.6 Å². The first-order valence-electron chi connectivity index (χ1n) is 7.44. The van der Waals surface area contributed by atoms with Crippen LogP contribution in [0.4, 0.5) is 5.88 Å². The number of rotatable bonds is 8. The van der Waals surface area contributed by atoms with Crippen LogP contribution in [-0.4, -0.2) is 25.2 Å². The Kier molecular flexibility index (Phi) is 6.16. The van der Waals surface area contributed by atoms with Crippen LogP contribution in [0.25, 0.3) is 12.2 Å². The smallest absolute Gasteiger partial charge is 0.385 e. The van der Waals surface area contributed by atoms with E-state index in [1.165, 1.54) is 0 Å². The summed E-state index contributed by atoms with van der Waals surface area (Å²) in [6.07, 6.45) is 3.57. The monoisotopic (exact) mass is 336 g/mol. The lowest BCUT2D eigenvalue weighted by molar-refractivity contribution is 0.229. The Bertz CT molecular complexity index is 687. The highest BCUT2D eigenvalue weighted by Crippen LogP contribution is 2.48. The highest BCUT2D eigenvalue weighted by Gasteiger charge is 2.34. The maximum Gasteiger partial charge on any atom is 0.385 e. The molecule has 1 aromatic heterocycles. The molecule has 0 unspecified atom stereocenters. The molecule has 0 fully saturated rings. The van der Waals surface area contributed by atoms with Gasteiger partial charge in [-0.1, -0.05) is 30.3 Å². The van der Waals surface area contributed by atoms with Gasteiger partial charge < -0.3 is 18.8 Å². The zero-order valence-electron chi connectivity index (χ0n) is 13.5. The third-order valence-corrected chi connectivity index (χ3v) is 4.95. The molecule has 0 amide bonds. The second-order valence-electron chi connectivity index (χ2n) is 4.53. The van der Waals surface area contributed by atoms with Crippen LogP contribution < -0.4 is 10.8 Å². The van der Waals surface area contributed by atoms with Gasteiger partial charge in [-0.25, -0.2) is 0 Å². The lowest BCUT2D eigenvalue weighted by Gasteiger charge is -2.14. The predicted molar refractivity (Wildman–Crippen MR) is 91.9 cm³/mol. The molecule has 23 heavy (non-hydrogen) atoms. The predicted octanol–water partition coefficient (Wildman–Crippen LogP) is 3.78. The van der Waals surface area contributed by atoms with Gasteiger partial charge in [0.25, 0.3) is 0 Å². The maximum atomic E-state index is 12.9. The molecule has 1 N–H and O–H groups in total.